The highest BCUT2D eigenvalue weighted by atomic mass is 16.5. The molecule has 0 N–H and O–H groups in total. The summed E-state index contributed by atoms with van der Waals surface area (Å²) in [6.07, 6.45) is 0.268. The summed E-state index contributed by atoms with van der Waals surface area (Å²) < 4.78 is 5.19. The third kappa shape index (κ3) is 2.84. The molecule has 1 atom stereocenters. The molecule has 17 heavy (non-hydrogen) atoms. The monoisotopic (exact) mass is 233 g/mol. The van der Waals surface area contributed by atoms with Crippen molar-refractivity contribution >= 4 is 11.9 Å². The summed E-state index contributed by atoms with van der Waals surface area (Å²) >= 11 is 0. The van der Waals surface area contributed by atoms with Gasteiger partial charge in [0.1, 0.15) is 6.61 Å². The molecule has 4 nitrogen and oxygen atoms in total. The zero-order chi connectivity index (χ0) is 12.3. The van der Waals surface area contributed by atoms with Crippen LogP contribution in [0.15, 0.2) is 30.3 Å². The van der Waals surface area contributed by atoms with Crippen LogP contribution in [0.2, 0.25) is 0 Å². The molecule has 1 aromatic carbocycles. The number of amides is 1. The van der Waals surface area contributed by atoms with Crippen LogP contribution in [-0.2, 0) is 20.9 Å². The van der Waals surface area contributed by atoms with Gasteiger partial charge in [-0.25, -0.2) is 0 Å². The minimum atomic E-state index is -0.309. The fourth-order valence-corrected chi connectivity index (χ4v) is 1.87. The smallest absolute Gasteiger partial charge is 0.311 e. The molecule has 1 fully saturated rings. The summed E-state index contributed by atoms with van der Waals surface area (Å²) in [5.74, 6) is -0.588. The van der Waals surface area contributed by atoms with Gasteiger partial charge in [-0.1, -0.05) is 30.3 Å². The van der Waals surface area contributed by atoms with Gasteiger partial charge in [-0.05, 0) is 5.56 Å². The van der Waals surface area contributed by atoms with Crippen LogP contribution in [0.4, 0.5) is 0 Å². The fourth-order valence-electron chi connectivity index (χ4n) is 1.87. The van der Waals surface area contributed by atoms with E-state index in [9.17, 15) is 9.59 Å². The van der Waals surface area contributed by atoms with E-state index in [1.54, 1.807) is 11.9 Å². The molecule has 1 aliphatic heterocycles. The van der Waals surface area contributed by atoms with Crippen LogP contribution in [0.5, 0.6) is 0 Å². The topological polar surface area (TPSA) is 46.6 Å². The van der Waals surface area contributed by atoms with Crippen molar-refractivity contribution in [3.63, 3.8) is 0 Å². The van der Waals surface area contributed by atoms with Gasteiger partial charge in [-0.2, -0.15) is 0 Å². The van der Waals surface area contributed by atoms with Gasteiger partial charge in [0.15, 0.2) is 0 Å². The second-order valence-electron chi connectivity index (χ2n) is 4.27. The van der Waals surface area contributed by atoms with Gasteiger partial charge in [0.25, 0.3) is 0 Å². The van der Waals surface area contributed by atoms with Crippen LogP contribution in [0, 0.1) is 5.92 Å². The zero-order valence-corrected chi connectivity index (χ0v) is 9.76. The highest BCUT2D eigenvalue weighted by Crippen LogP contribution is 2.18. The fraction of sp³-hybridized carbons (Fsp3) is 0.385. The number of hydrogen-bond donors (Lipinski definition) is 0. The largest absolute Gasteiger partial charge is 0.461 e. The highest BCUT2D eigenvalue weighted by Gasteiger charge is 2.33. The van der Waals surface area contributed by atoms with Crippen molar-refractivity contribution in [1.29, 1.82) is 0 Å². The Hall–Kier alpha value is -1.84. The molecule has 0 aliphatic carbocycles. The highest BCUT2D eigenvalue weighted by molar-refractivity contribution is 5.86. The molecule has 1 unspecified atom stereocenters. The minimum Gasteiger partial charge on any atom is -0.461 e. The summed E-state index contributed by atoms with van der Waals surface area (Å²) in [6.45, 7) is 0.737. The molecule has 90 valence electrons. The number of ether oxygens (including phenoxy) is 1. The van der Waals surface area contributed by atoms with Gasteiger partial charge in [0, 0.05) is 20.0 Å². The maximum atomic E-state index is 11.7. The zero-order valence-electron chi connectivity index (χ0n) is 9.76. The molecular formula is C13H15NO3. The summed E-state index contributed by atoms with van der Waals surface area (Å²) in [6, 6.07) is 9.51. The predicted molar refractivity (Wildman–Crippen MR) is 62.0 cm³/mol. The minimum absolute atomic E-state index is 0.00617. The number of likely N-dealkylation sites (tertiary alicyclic amines) is 1. The third-order valence-electron chi connectivity index (χ3n) is 2.90. The molecule has 1 saturated heterocycles. The number of esters is 1. The first-order valence-electron chi connectivity index (χ1n) is 5.61. The Morgan fingerprint density at radius 1 is 1.41 bits per heavy atom. The molecule has 1 aromatic rings. The van der Waals surface area contributed by atoms with E-state index in [4.69, 9.17) is 4.74 Å². The average Bonchev–Trinajstić information content (AvgIpc) is 2.68. The van der Waals surface area contributed by atoms with Gasteiger partial charge >= 0.3 is 5.97 Å². The molecule has 0 saturated carbocycles. The first-order valence-corrected chi connectivity index (χ1v) is 5.61. The molecule has 2 rings (SSSR count). The summed E-state index contributed by atoms with van der Waals surface area (Å²) in [5, 5.41) is 0. The normalized spacial score (nSPS) is 19.5. The van der Waals surface area contributed by atoms with Crippen molar-refractivity contribution < 1.29 is 14.3 Å². The average molecular weight is 233 g/mol. The van der Waals surface area contributed by atoms with Crippen molar-refractivity contribution in [2.24, 2.45) is 5.92 Å². The van der Waals surface area contributed by atoms with Crippen molar-refractivity contribution in [2.75, 3.05) is 13.6 Å². The van der Waals surface area contributed by atoms with Gasteiger partial charge in [-0.15, -0.1) is 0 Å². The SMILES string of the molecule is CN1CC(C(=O)OCc2ccccc2)CC1=O. The van der Waals surface area contributed by atoms with Crippen molar-refractivity contribution in [3.8, 4) is 0 Å². The molecule has 4 heteroatoms. The molecule has 1 amide bonds. The van der Waals surface area contributed by atoms with E-state index in [1.165, 1.54) is 0 Å². The summed E-state index contributed by atoms with van der Waals surface area (Å²) in [4.78, 5) is 24.6. The Kier molecular flexibility index (Phi) is 3.42. The van der Waals surface area contributed by atoms with Crippen molar-refractivity contribution in [3.05, 3.63) is 35.9 Å². The van der Waals surface area contributed by atoms with E-state index < -0.39 is 0 Å². The molecule has 0 bridgehead atoms. The van der Waals surface area contributed by atoms with E-state index in [0.717, 1.165) is 5.56 Å². The quantitative estimate of drug-likeness (QED) is 0.737. The van der Waals surface area contributed by atoms with Crippen LogP contribution < -0.4 is 0 Å². The molecule has 0 radical (unpaired) electrons. The van der Waals surface area contributed by atoms with Crippen LogP contribution in [0.3, 0.4) is 0 Å². The maximum Gasteiger partial charge on any atom is 0.311 e. The van der Waals surface area contributed by atoms with Crippen molar-refractivity contribution in [1.82, 2.24) is 4.90 Å². The van der Waals surface area contributed by atoms with Crippen LogP contribution in [0.25, 0.3) is 0 Å². The van der Waals surface area contributed by atoms with Gasteiger partial charge in [0.2, 0.25) is 5.91 Å². The second kappa shape index (κ2) is 4.99. The molecule has 1 aliphatic rings. The van der Waals surface area contributed by atoms with Crippen LogP contribution in [0.1, 0.15) is 12.0 Å². The lowest BCUT2D eigenvalue weighted by Gasteiger charge is -2.10. The lowest BCUT2D eigenvalue weighted by molar-refractivity contribution is -0.149. The van der Waals surface area contributed by atoms with Gasteiger partial charge in [0.05, 0.1) is 5.92 Å². The lowest BCUT2D eigenvalue weighted by Crippen LogP contribution is -2.22. The molecular weight excluding hydrogens is 218 g/mol. The van der Waals surface area contributed by atoms with Crippen molar-refractivity contribution in [2.45, 2.75) is 13.0 Å². The number of carbonyl (C=O) groups is 2. The van der Waals surface area contributed by atoms with Gasteiger partial charge < -0.3 is 9.64 Å². The number of nitrogens with zero attached hydrogens (tertiary/aromatic N) is 1. The Labute approximate surface area is 100 Å². The standard InChI is InChI=1S/C13H15NO3/c1-14-8-11(7-12(14)15)13(16)17-9-10-5-3-2-4-6-10/h2-6,11H,7-9H2,1H3. The Morgan fingerprint density at radius 2 is 2.12 bits per heavy atom. The first kappa shape index (κ1) is 11.6. The summed E-state index contributed by atoms with van der Waals surface area (Å²) in [7, 11) is 1.70. The second-order valence-corrected chi connectivity index (χ2v) is 4.27. The molecule has 0 spiro atoms. The van der Waals surface area contributed by atoms with E-state index in [2.05, 4.69) is 0 Å². The van der Waals surface area contributed by atoms with Crippen LogP contribution in [-0.4, -0.2) is 30.4 Å². The summed E-state index contributed by atoms with van der Waals surface area (Å²) in [5.41, 5.74) is 0.957. The third-order valence-corrected chi connectivity index (χ3v) is 2.90. The van der Waals surface area contributed by atoms with E-state index in [-0.39, 0.29) is 30.8 Å². The predicted octanol–water partition coefficient (Wildman–Crippen LogP) is 1.21. The van der Waals surface area contributed by atoms with E-state index in [1.807, 2.05) is 30.3 Å². The molecule has 0 aromatic heterocycles. The Balaban J connectivity index is 1.84. The maximum absolute atomic E-state index is 11.7. The number of rotatable bonds is 3. The van der Waals surface area contributed by atoms with Gasteiger partial charge in [-0.3, -0.25) is 9.59 Å². The number of carbonyl (C=O) groups excluding carboxylic acids is 2. The van der Waals surface area contributed by atoms with E-state index >= 15 is 0 Å². The lowest BCUT2D eigenvalue weighted by atomic mass is 10.1. The van der Waals surface area contributed by atoms with E-state index in [0.29, 0.717) is 6.54 Å². The Morgan fingerprint density at radius 3 is 2.71 bits per heavy atom. The Bertz CT molecular complexity index is 416. The van der Waals surface area contributed by atoms with Crippen LogP contribution >= 0.6 is 0 Å². The number of benzene rings is 1. The number of hydrogen-bond acceptors (Lipinski definition) is 3. The first-order chi connectivity index (χ1) is 8.16. The molecule has 1 heterocycles.